The highest BCUT2D eigenvalue weighted by Gasteiger charge is 2.24. The Kier molecular flexibility index (Phi) is 7.65. The number of benzene rings is 3. The van der Waals surface area contributed by atoms with E-state index in [1.54, 1.807) is 24.3 Å². The molecule has 1 aliphatic heterocycles. The van der Waals surface area contributed by atoms with Crippen LogP contribution in [-0.2, 0) is 4.79 Å². The third kappa shape index (κ3) is 6.08. The number of carbonyl (C=O) groups is 3. The van der Waals surface area contributed by atoms with Crippen LogP contribution in [0.3, 0.4) is 0 Å². The van der Waals surface area contributed by atoms with Gasteiger partial charge in [0.1, 0.15) is 5.82 Å². The molecule has 3 aromatic rings. The van der Waals surface area contributed by atoms with Gasteiger partial charge in [0, 0.05) is 37.4 Å². The number of carbonyl (C=O) groups excluding carboxylic acids is 3. The number of halogens is 3. The second kappa shape index (κ2) is 11.0. The van der Waals surface area contributed by atoms with Crippen molar-refractivity contribution < 1.29 is 27.6 Å². The van der Waals surface area contributed by atoms with Gasteiger partial charge in [0.15, 0.2) is 11.6 Å². The van der Waals surface area contributed by atoms with E-state index in [1.807, 2.05) is 4.90 Å². The molecule has 0 atom stereocenters. The summed E-state index contributed by atoms with van der Waals surface area (Å²) in [5, 5.41) is 5.41. The Hall–Kier alpha value is -4.18. The van der Waals surface area contributed by atoms with Crippen molar-refractivity contribution in [2.24, 2.45) is 0 Å². The van der Waals surface area contributed by atoms with Gasteiger partial charge in [-0.25, -0.2) is 13.2 Å². The van der Waals surface area contributed by atoms with Crippen LogP contribution < -0.4 is 10.6 Å². The van der Waals surface area contributed by atoms with E-state index in [-0.39, 0.29) is 23.6 Å². The van der Waals surface area contributed by atoms with E-state index < -0.39 is 29.3 Å². The van der Waals surface area contributed by atoms with Crippen molar-refractivity contribution in [1.29, 1.82) is 0 Å². The highest BCUT2D eigenvalue weighted by Crippen LogP contribution is 2.18. The van der Waals surface area contributed by atoms with Crippen LogP contribution in [0.2, 0.25) is 0 Å². The van der Waals surface area contributed by atoms with Gasteiger partial charge in [-0.15, -0.1) is 0 Å². The summed E-state index contributed by atoms with van der Waals surface area (Å²) in [4.78, 5) is 41.3. The van der Waals surface area contributed by atoms with Gasteiger partial charge < -0.3 is 15.5 Å². The lowest BCUT2D eigenvalue weighted by atomic mass is 10.1. The fourth-order valence-electron chi connectivity index (χ4n) is 3.84. The lowest BCUT2D eigenvalue weighted by Crippen LogP contribution is -2.50. The minimum atomic E-state index is -1.08. The van der Waals surface area contributed by atoms with Gasteiger partial charge in [-0.2, -0.15) is 0 Å². The third-order valence-electron chi connectivity index (χ3n) is 5.74. The number of anilines is 2. The van der Waals surface area contributed by atoms with Crippen molar-refractivity contribution in [2.75, 3.05) is 43.4 Å². The van der Waals surface area contributed by atoms with Crippen molar-refractivity contribution in [3.05, 3.63) is 95.3 Å². The Morgan fingerprint density at radius 3 is 2.17 bits per heavy atom. The summed E-state index contributed by atoms with van der Waals surface area (Å²) in [6.45, 7) is 1.51. The summed E-state index contributed by atoms with van der Waals surface area (Å²) >= 11 is 0. The molecule has 0 bridgehead atoms. The zero-order valence-electron chi connectivity index (χ0n) is 19.1. The lowest BCUT2D eigenvalue weighted by molar-refractivity contribution is -0.117. The van der Waals surface area contributed by atoms with Gasteiger partial charge in [0.05, 0.1) is 17.8 Å². The molecule has 1 saturated heterocycles. The number of amides is 3. The van der Waals surface area contributed by atoms with E-state index in [4.69, 9.17) is 0 Å². The molecule has 10 heteroatoms. The number of nitrogens with one attached hydrogen (secondary N) is 2. The van der Waals surface area contributed by atoms with Crippen molar-refractivity contribution in [3.8, 4) is 0 Å². The summed E-state index contributed by atoms with van der Waals surface area (Å²) in [5.74, 6) is -3.71. The minimum Gasteiger partial charge on any atom is -0.336 e. The second-order valence-corrected chi connectivity index (χ2v) is 8.25. The number of hydrogen-bond donors (Lipinski definition) is 2. The molecule has 0 saturated carbocycles. The molecule has 7 nitrogen and oxygen atoms in total. The van der Waals surface area contributed by atoms with Crippen LogP contribution in [0.15, 0.2) is 66.7 Å². The van der Waals surface area contributed by atoms with Gasteiger partial charge in [-0.1, -0.05) is 12.1 Å². The van der Waals surface area contributed by atoms with E-state index in [0.717, 1.165) is 12.1 Å². The van der Waals surface area contributed by atoms with Crippen LogP contribution in [0.4, 0.5) is 24.5 Å². The van der Waals surface area contributed by atoms with E-state index in [2.05, 4.69) is 10.6 Å². The lowest BCUT2D eigenvalue weighted by Gasteiger charge is -2.34. The van der Waals surface area contributed by atoms with Crippen LogP contribution in [0.1, 0.15) is 20.7 Å². The number of rotatable bonds is 6. The molecular weight excluding hydrogens is 473 g/mol. The van der Waals surface area contributed by atoms with E-state index in [9.17, 15) is 27.6 Å². The normalized spacial score (nSPS) is 13.8. The average molecular weight is 496 g/mol. The van der Waals surface area contributed by atoms with Gasteiger partial charge in [0.2, 0.25) is 5.91 Å². The molecular formula is C26H23F3N4O3. The fraction of sp³-hybridized carbons (Fsp3) is 0.192. The van der Waals surface area contributed by atoms with Crippen molar-refractivity contribution in [2.45, 2.75) is 0 Å². The van der Waals surface area contributed by atoms with E-state index >= 15 is 0 Å². The highest BCUT2D eigenvalue weighted by atomic mass is 19.2. The molecule has 0 unspecified atom stereocenters. The molecule has 0 aromatic heterocycles. The van der Waals surface area contributed by atoms with Gasteiger partial charge in [0.25, 0.3) is 11.8 Å². The summed E-state index contributed by atoms with van der Waals surface area (Å²) in [5.41, 5.74) is 1.06. The zero-order chi connectivity index (χ0) is 25.7. The van der Waals surface area contributed by atoms with Crippen molar-refractivity contribution >= 4 is 29.1 Å². The first-order valence-electron chi connectivity index (χ1n) is 11.2. The monoisotopic (exact) mass is 496 g/mol. The van der Waals surface area contributed by atoms with Crippen molar-refractivity contribution in [3.63, 3.8) is 0 Å². The first-order chi connectivity index (χ1) is 17.3. The third-order valence-corrected chi connectivity index (χ3v) is 5.74. The maximum atomic E-state index is 13.5. The van der Waals surface area contributed by atoms with Gasteiger partial charge in [-0.05, 0) is 54.6 Å². The molecule has 0 spiro atoms. The SMILES string of the molecule is O=C(CN1CCN(C(=O)c2ccc(F)c(F)c2)CC1)Nc1ccccc1C(=O)Nc1ccc(F)cc1. The topological polar surface area (TPSA) is 81.8 Å². The average Bonchev–Trinajstić information content (AvgIpc) is 2.87. The maximum absolute atomic E-state index is 13.5. The predicted octanol–water partition coefficient (Wildman–Crippen LogP) is 3.75. The number of piperazine rings is 1. The Balaban J connectivity index is 1.31. The quantitative estimate of drug-likeness (QED) is 0.545. The molecule has 1 fully saturated rings. The molecule has 0 radical (unpaired) electrons. The summed E-state index contributed by atoms with van der Waals surface area (Å²) in [6.07, 6.45) is 0. The first kappa shape index (κ1) is 24.9. The molecule has 3 amide bonds. The fourth-order valence-corrected chi connectivity index (χ4v) is 3.84. The van der Waals surface area contributed by atoms with Crippen LogP contribution >= 0.6 is 0 Å². The largest absolute Gasteiger partial charge is 0.336 e. The molecule has 2 N–H and O–H groups in total. The van der Waals surface area contributed by atoms with Gasteiger partial charge >= 0.3 is 0 Å². The maximum Gasteiger partial charge on any atom is 0.257 e. The predicted molar refractivity (Wildman–Crippen MR) is 128 cm³/mol. The number of para-hydroxylation sites is 1. The standard InChI is InChI=1S/C26H23F3N4O3/c27-18-6-8-19(9-7-18)30-25(35)20-3-1-2-4-23(20)31-24(34)16-32-11-13-33(14-12-32)26(36)17-5-10-21(28)22(29)15-17/h1-10,15H,11-14,16H2,(H,30,35)(H,31,34). The highest BCUT2D eigenvalue weighted by molar-refractivity contribution is 6.10. The smallest absolute Gasteiger partial charge is 0.257 e. The summed E-state index contributed by atoms with van der Waals surface area (Å²) in [6, 6.07) is 14.9. The summed E-state index contributed by atoms with van der Waals surface area (Å²) in [7, 11) is 0. The Bertz CT molecular complexity index is 1280. The molecule has 0 aliphatic carbocycles. The van der Waals surface area contributed by atoms with Crippen LogP contribution in [0, 0.1) is 17.5 Å². The van der Waals surface area contributed by atoms with Crippen LogP contribution in [0.5, 0.6) is 0 Å². The van der Waals surface area contributed by atoms with E-state index in [0.29, 0.717) is 37.6 Å². The van der Waals surface area contributed by atoms with Gasteiger partial charge in [-0.3, -0.25) is 19.3 Å². The second-order valence-electron chi connectivity index (χ2n) is 8.25. The van der Waals surface area contributed by atoms with Crippen LogP contribution in [0.25, 0.3) is 0 Å². The first-order valence-corrected chi connectivity index (χ1v) is 11.2. The minimum absolute atomic E-state index is 0.0428. The van der Waals surface area contributed by atoms with E-state index in [1.165, 1.54) is 35.2 Å². The number of hydrogen-bond acceptors (Lipinski definition) is 4. The molecule has 1 heterocycles. The molecule has 1 aliphatic rings. The molecule has 186 valence electrons. The molecule has 3 aromatic carbocycles. The van der Waals surface area contributed by atoms with Crippen molar-refractivity contribution in [1.82, 2.24) is 9.80 Å². The Labute approximate surface area is 205 Å². The molecule has 4 rings (SSSR count). The Morgan fingerprint density at radius 1 is 0.778 bits per heavy atom. The zero-order valence-corrected chi connectivity index (χ0v) is 19.1. The molecule has 36 heavy (non-hydrogen) atoms. The van der Waals surface area contributed by atoms with Crippen LogP contribution in [-0.4, -0.2) is 60.2 Å². The number of nitrogens with zero attached hydrogens (tertiary/aromatic N) is 2. The Morgan fingerprint density at radius 2 is 1.47 bits per heavy atom. The summed E-state index contributed by atoms with van der Waals surface area (Å²) < 4.78 is 39.7.